The molecule has 158 valence electrons. The number of aromatic nitrogens is 2. The Morgan fingerprint density at radius 2 is 1.57 bits per heavy atom. The predicted octanol–water partition coefficient (Wildman–Crippen LogP) is 3.39. The second kappa shape index (κ2) is 8.64. The number of methoxy groups -OCH3 is 1. The first-order valence-corrected chi connectivity index (χ1v) is 11.8. The second-order valence-electron chi connectivity index (χ2n) is 5.76. The van der Waals surface area contributed by atoms with Crippen LogP contribution in [-0.2, 0) is 20.0 Å². The Labute approximate surface area is 183 Å². The van der Waals surface area contributed by atoms with Gasteiger partial charge in [0, 0.05) is 16.8 Å². The van der Waals surface area contributed by atoms with Gasteiger partial charge in [0.2, 0.25) is 5.88 Å². The van der Waals surface area contributed by atoms with Gasteiger partial charge in [0.25, 0.3) is 20.0 Å². The first-order chi connectivity index (χ1) is 14.1. The molecule has 0 atom stereocenters. The monoisotopic (exact) mass is 488 g/mol. The molecule has 0 unspecified atom stereocenters. The lowest BCUT2D eigenvalue weighted by Crippen LogP contribution is -2.15. The first-order valence-electron chi connectivity index (χ1n) is 8.07. The highest BCUT2D eigenvalue weighted by Crippen LogP contribution is 2.27. The standard InChI is InChI=1S/C17H14Cl2N4O5S2/c1-28-17-9-16(20-10-21-17)23-29(24,25)13-5-3-12(4-6-13)22-30(26,27)15-8-11(18)2-7-14(15)19/h2-10,22H,1H3,(H,20,21,23). The Balaban J connectivity index is 1.81. The number of sulfonamides is 2. The molecule has 1 heterocycles. The molecule has 0 saturated heterocycles. The maximum absolute atomic E-state index is 12.5. The van der Waals surface area contributed by atoms with Gasteiger partial charge in [-0.15, -0.1) is 0 Å². The van der Waals surface area contributed by atoms with Crippen molar-refractivity contribution in [2.75, 3.05) is 16.6 Å². The smallest absolute Gasteiger partial charge is 0.263 e. The van der Waals surface area contributed by atoms with Crippen LogP contribution in [0, 0.1) is 0 Å². The van der Waals surface area contributed by atoms with E-state index in [1.807, 2.05) is 0 Å². The Bertz CT molecular complexity index is 1280. The number of rotatable bonds is 7. The molecule has 0 amide bonds. The quantitative estimate of drug-likeness (QED) is 0.521. The minimum absolute atomic E-state index is 0.00410. The second-order valence-corrected chi connectivity index (χ2v) is 9.93. The predicted molar refractivity (Wildman–Crippen MR) is 113 cm³/mol. The van der Waals surface area contributed by atoms with Crippen molar-refractivity contribution >= 4 is 54.8 Å². The van der Waals surface area contributed by atoms with Crippen LogP contribution in [0.1, 0.15) is 0 Å². The average molecular weight is 489 g/mol. The fraction of sp³-hybridized carbons (Fsp3) is 0.0588. The van der Waals surface area contributed by atoms with Gasteiger partial charge in [0.1, 0.15) is 17.0 Å². The van der Waals surface area contributed by atoms with Crippen LogP contribution in [0.2, 0.25) is 10.0 Å². The van der Waals surface area contributed by atoms with Gasteiger partial charge in [-0.3, -0.25) is 9.44 Å². The van der Waals surface area contributed by atoms with Crippen LogP contribution in [0.15, 0.2) is 64.6 Å². The lowest BCUT2D eigenvalue weighted by Gasteiger charge is -2.11. The topological polar surface area (TPSA) is 127 Å². The van der Waals surface area contributed by atoms with Gasteiger partial charge in [-0.2, -0.15) is 0 Å². The summed E-state index contributed by atoms with van der Waals surface area (Å²) in [6.07, 6.45) is 1.15. The highest BCUT2D eigenvalue weighted by Gasteiger charge is 2.20. The van der Waals surface area contributed by atoms with E-state index < -0.39 is 20.0 Å². The lowest BCUT2D eigenvalue weighted by atomic mass is 10.3. The molecule has 1 aromatic heterocycles. The summed E-state index contributed by atoms with van der Waals surface area (Å²) in [5, 5.41) is 0.198. The maximum Gasteiger partial charge on any atom is 0.263 e. The van der Waals surface area contributed by atoms with E-state index in [1.54, 1.807) is 0 Å². The zero-order valence-electron chi connectivity index (χ0n) is 15.2. The summed E-state index contributed by atoms with van der Waals surface area (Å²) in [7, 11) is -6.62. The number of nitrogens with one attached hydrogen (secondary N) is 2. The van der Waals surface area contributed by atoms with Crippen molar-refractivity contribution in [2.24, 2.45) is 0 Å². The van der Waals surface area contributed by atoms with Gasteiger partial charge in [-0.25, -0.2) is 26.8 Å². The molecule has 13 heteroatoms. The van der Waals surface area contributed by atoms with Gasteiger partial charge < -0.3 is 4.74 Å². The van der Waals surface area contributed by atoms with Crippen LogP contribution in [0.5, 0.6) is 5.88 Å². The van der Waals surface area contributed by atoms with Crippen LogP contribution in [-0.4, -0.2) is 33.9 Å². The van der Waals surface area contributed by atoms with Crippen molar-refractivity contribution in [1.29, 1.82) is 0 Å². The van der Waals surface area contributed by atoms with E-state index in [4.69, 9.17) is 27.9 Å². The summed E-state index contributed by atoms with van der Waals surface area (Å²) < 4.78 is 59.7. The molecule has 0 bridgehead atoms. The summed E-state index contributed by atoms with van der Waals surface area (Å²) in [6, 6.07) is 10.4. The Morgan fingerprint density at radius 3 is 2.23 bits per heavy atom. The third-order valence-electron chi connectivity index (χ3n) is 3.69. The summed E-state index contributed by atoms with van der Waals surface area (Å²) in [4.78, 5) is 7.30. The number of hydrogen-bond donors (Lipinski definition) is 2. The highest BCUT2D eigenvalue weighted by molar-refractivity contribution is 7.93. The molecule has 0 spiro atoms. The Morgan fingerprint density at radius 1 is 0.867 bits per heavy atom. The average Bonchev–Trinajstić information content (AvgIpc) is 2.69. The molecule has 0 fully saturated rings. The van der Waals surface area contributed by atoms with Crippen molar-refractivity contribution in [1.82, 2.24) is 9.97 Å². The van der Waals surface area contributed by atoms with Crippen LogP contribution < -0.4 is 14.2 Å². The first kappa shape index (κ1) is 22.1. The van der Waals surface area contributed by atoms with Crippen molar-refractivity contribution in [3.63, 3.8) is 0 Å². The van der Waals surface area contributed by atoms with E-state index in [0.29, 0.717) is 0 Å². The number of hydrogen-bond acceptors (Lipinski definition) is 7. The summed E-state index contributed by atoms with van der Waals surface area (Å²) in [6.45, 7) is 0. The SMILES string of the molecule is COc1cc(NS(=O)(=O)c2ccc(NS(=O)(=O)c3cc(Cl)ccc3Cl)cc2)ncn1. The van der Waals surface area contributed by atoms with E-state index >= 15 is 0 Å². The fourth-order valence-corrected chi connectivity index (χ4v) is 5.12. The molecule has 0 saturated carbocycles. The van der Waals surface area contributed by atoms with E-state index in [2.05, 4.69) is 19.4 Å². The molecule has 30 heavy (non-hydrogen) atoms. The minimum Gasteiger partial charge on any atom is -0.481 e. The normalized spacial score (nSPS) is 11.7. The van der Waals surface area contributed by atoms with Crippen LogP contribution in [0.4, 0.5) is 11.5 Å². The van der Waals surface area contributed by atoms with Crippen molar-refractivity contribution in [2.45, 2.75) is 9.79 Å². The van der Waals surface area contributed by atoms with Gasteiger partial charge in [-0.1, -0.05) is 23.2 Å². The molecule has 3 aromatic rings. The number of nitrogens with zero attached hydrogens (tertiary/aromatic N) is 2. The molecular weight excluding hydrogens is 475 g/mol. The van der Waals surface area contributed by atoms with Gasteiger partial charge in [0.05, 0.1) is 17.0 Å². The molecule has 0 aliphatic rings. The van der Waals surface area contributed by atoms with E-state index in [-0.39, 0.29) is 37.2 Å². The zero-order chi connectivity index (χ0) is 21.9. The number of anilines is 2. The molecule has 2 N–H and O–H groups in total. The largest absolute Gasteiger partial charge is 0.481 e. The van der Waals surface area contributed by atoms with E-state index in [9.17, 15) is 16.8 Å². The zero-order valence-corrected chi connectivity index (χ0v) is 18.3. The van der Waals surface area contributed by atoms with E-state index in [1.165, 1.54) is 55.6 Å². The Kier molecular flexibility index (Phi) is 6.36. The van der Waals surface area contributed by atoms with Crippen LogP contribution >= 0.6 is 23.2 Å². The molecule has 0 aliphatic carbocycles. The lowest BCUT2D eigenvalue weighted by molar-refractivity contribution is 0.397. The van der Waals surface area contributed by atoms with Crippen LogP contribution in [0.3, 0.4) is 0 Å². The van der Waals surface area contributed by atoms with Gasteiger partial charge in [-0.05, 0) is 42.5 Å². The molecule has 0 radical (unpaired) electrons. The third kappa shape index (κ3) is 5.11. The molecular formula is C17H14Cl2N4O5S2. The van der Waals surface area contributed by atoms with Crippen molar-refractivity contribution in [3.8, 4) is 5.88 Å². The fourth-order valence-electron chi connectivity index (χ4n) is 2.30. The molecule has 2 aromatic carbocycles. The van der Waals surface area contributed by atoms with E-state index in [0.717, 1.165) is 6.33 Å². The highest BCUT2D eigenvalue weighted by atomic mass is 35.5. The Hall–Kier alpha value is -2.60. The summed E-state index contributed by atoms with van der Waals surface area (Å²) >= 11 is 11.8. The number of halogens is 2. The number of benzene rings is 2. The van der Waals surface area contributed by atoms with Crippen LogP contribution in [0.25, 0.3) is 0 Å². The summed E-state index contributed by atoms with van der Waals surface area (Å²) in [5.74, 6) is 0.203. The molecule has 3 rings (SSSR count). The minimum atomic E-state index is -4.03. The van der Waals surface area contributed by atoms with Gasteiger partial charge >= 0.3 is 0 Å². The van der Waals surface area contributed by atoms with Crippen molar-refractivity contribution in [3.05, 3.63) is 64.9 Å². The molecule has 9 nitrogen and oxygen atoms in total. The summed E-state index contributed by atoms with van der Waals surface area (Å²) in [5.41, 5.74) is 0.133. The molecule has 0 aliphatic heterocycles. The van der Waals surface area contributed by atoms with Crippen molar-refractivity contribution < 1.29 is 21.6 Å². The number of ether oxygens (including phenoxy) is 1. The third-order valence-corrected chi connectivity index (χ3v) is 7.16. The maximum atomic E-state index is 12.5. The van der Waals surface area contributed by atoms with Gasteiger partial charge in [0.15, 0.2) is 0 Å².